The molecule has 0 atom stereocenters. The number of hydrogen-bond donors (Lipinski definition) is 1. The number of aromatic nitrogens is 1. The fourth-order valence-electron chi connectivity index (χ4n) is 3.46. The first kappa shape index (κ1) is 19.2. The Kier molecular flexibility index (Phi) is 5.43. The fraction of sp³-hybridized carbons (Fsp3) is 0.261. The number of anilines is 1. The minimum absolute atomic E-state index is 0.123. The van der Waals surface area contributed by atoms with Crippen molar-refractivity contribution >= 4 is 34.1 Å². The molecule has 0 aliphatic rings. The number of nitrogens with zero attached hydrogens (tertiary/aromatic N) is 1. The molecule has 1 N–H and O–H groups in total. The first-order valence-electron chi connectivity index (χ1n) is 9.14. The van der Waals surface area contributed by atoms with E-state index in [1.54, 1.807) is 6.07 Å². The number of hydrogen-bond acceptors (Lipinski definition) is 1. The van der Waals surface area contributed by atoms with E-state index in [1.807, 2.05) is 36.6 Å². The fourth-order valence-corrected chi connectivity index (χ4v) is 3.69. The largest absolute Gasteiger partial charge is 0.332 e. The van der Waals surface area contributed by atoms with E-state index in [-0.39, 0.29) is 5.91 Å². The number of amides is 1. The minimum atomic E-state index is -0.123. The number of allylic oxidation sites excluding steroid dienone is 1. The Labute approximate surface area is 165 Å². The van der Waals surface area contributed by atoms with E-state index < -0.39 is 0 Å². The van der Waals surface area contributed by atoms with Crippen LogP contribution >= 0.6 is 11.6 Å². The lowest BCUT2D eigenvalue weighted by atomic mass is 10.0. The summed E-state index contributed by atoms with van der Waals surface area (Å²) in [7, 11) is 0. The number of aryl methyl sites for hydroxylation is 2. The van der Waals surface area contributed by atoms with Crippen LogP contribution in [0.15, 0.2) is 49.1 Å². The lowest BCUT2D eigenvalue weighted by molar-refractivity contribution is 0.101. The molecule has 0 aliphatic heterocycles. The van der Waals surface area contributed by atoms with Crippen molar-refractivity contribution in [1.29, 1.82) is 0 Å². The first-order valence-corrected chi connectivity index (χ1v) is 9.52. The van der Waals surface area contributed by atoms with Crippen molar-refractivity contribution in [3.63, 3.8) is 0 Å². The number of fused-ring (bicyclic) bond motifs is 1. The monoisotopic (exact) mass is 380 g/mol. The van der Waals surface area contributed by atoms with Gasteiger partial charge in [0, 0.05) is 28.2 Å². The summed E-state index contributed by atoms with van der Waals surface area (Å²) >= 11 is 6.03. The van der Waals surface area contributed by atoms with Crippen LogP contribution < -0.4 is 5.32 Å². The van der Waals surface area contributed by atoms with E-state index in [0.717, 1.165) is 27.7 Å². The van der Waals surface area contributed by atoms with Crippen molar-refractivity contribution in [3.8, 4) is 0 Å². The van der Waals surface area contributed by atoms with Gasteiger partial charge in [-0.25, -0.2) is 0 Å². The topological polar surface area (TPSA) is 34.0 Å². The smallest absolute Gasteiger partial charge is 0.272 e. The van der Waals surface area contributed by atoms with Crippen LogP contribution in [0.5, 0.6) is 0 Å². The van der Waals surface area contributed by atoms with E-state index in [9.17, 15) is 4.79 Å². The molecule has 1 heterocycles. The molecule has 0 fully saturated rings. The molecule has 4 heteroatoms. The zero-order valence-corrected chi connectivity index (χ0v) is 17.0. The normalized spacial score (nSPS) is 11.2. The zero-order chi connectivity index (χ0) is 19.7. The van der Waals surface area contributed by atoms with Crippen LogP contribution in [-0.4, -0.2) is 10.5 Å². The average molecular weight is 381 g/mol. The van der Waals surface area contributed by atoms with Gasteiger partial charge in [0.05, 0.1) is 0 Å². The predicted octanol–water partition coefficient (Wildman–Crippen LogP) is 6.47. The molecular weight excluding hydrogens is 356 g/mol. The van der Waals surface area contributed by atoms with Gasteiger partial charge >= 0.3 is 0 Å². The summed E-state index contributed by atoms with van der Waals surface area (Å²) in [5.74, 6) is 0.313. The lowest BCUT2D eigenvalue weighted by Crippen LogP contribution is -2.18. The van der Waals surface area contributed by atoms with Gasteiger partial charge in [-0.3, -0.25) is 4.79 Å². The van der Waals surface area contributed by atoms with Gasteiger partial charge in [-0.05, 0) is 66.8 Å². The second-order valence-corrected chi connectivity index (χ2v) is 7.65. The standard InChI is InChI=1S/C23H25ClN2O/c1-6-11-26-21-10-7-17(14(2)3)13-19(21)16(5)22(26)23(27)25-20-9-8-18(24)12-15(20)4/h6-10,12-14H,1,11H2,2-5H3,(H,25,27). The van der Waals surface area contributed by atoms with Gasteiger partial charge in [0.1, 0.15) is 5.69 Å². The zero-order valence-electron chi connectivity index (χ0n) is 16.3. The Morgan fingerprint density at radius 3 is 2.59 bits per heavy atom. The van der Waals surface area contributed by atoms with Crippen LogP contribution in [0, 0.1) is 13.8 Å². The Hall–Kier alpha value is -2.52. The molecule has 27 heavy (non-hydrogen) atoms. The Morgan fingerprint density at radius 1 is 1.22 bits per heavy atom. The van der Waals surface area contributed by atoms with Crippen LogP contribution in [0.3, 0.4) is 0 Å². The van der Waals surface area contributed by atoms with Gasteiger partial charge in [0.2, 0.25) is 0 Å². The highest BCUT2D eigenvalue weighted by Gasteiger charge is 2.21. The van der Waals surface area contributed by atoms with E-state index in [0.29, 0.717) is 23.2 Å². The van der Waals surface area contributed by atoms with Crippen LogP contribution in [-0.2, 0) is 6.54 Å². The molecule has 0 bridgehead atoms. The van der Waals surface area contributed by atoms with Gasteiger partial charge in [-0.1, -0.05) is 37.6 Å². The van der Waals surface area contributed by atoms with Crippen molar-refractivity contribution in [2.75, 3.05) is 5.32 Å². The highest BCUT2D eigenvalue weighted by atomic mass is 35.5. The maximum Gasteiger partial charge on any atom is 0.272 e. The lowest BCUT2D eigenvalue weighted by Gasteiger charge is -2.12. The van der Waals surface area contributed by atoms with Gasteiger partial charge in [-0.15, -0.1) is 6.58 Å². The molecule has 0 radical (unpaired) electrons. The summed E-state index contributed by atoms with van der Waals surface area (Å²) in [6, 6.07) is 11.9. The third-order valence-corrected chi connectivity index (χ3v) is 5.21. The van der Waals surface area contributed by atoms with Crippen LogP contribution in [0.25, 0.3) is 10.9 Å². The molecule has 0 spiro atoms. The van der Waals surface area contributed by atoms with Crippen molar-refractivity contribution < 1.29 is 4.79 Å². The molecule has 0 aliphatic carbocycles. The van der Waals surface area contributed by atoms with Gasteiger partial charge in [0.15, 0.2) is 0 Å². The molecule has 1 amide bonds. The van der Waals surface area contributed by atoms with Gasteiger partial charge < -0.3 is 9.88 Å². The van der Waals surface area contributed by atoms with E-state index >= 15 is 0 Å². The predicted molar refractivity (Wildman–Crippen MR) is 115 cm³/mol. The highest BCUT2D eigenvalue weighted by Crippen LogP contribution is 2.30. The number of carbonyl (C=O) groups excluding carboxylic acids is 1. The van der Waals surface area contributed by atoms with Crippen molar-refractivity contribution in [3.05, 3.63) is 76.5 Å². The minimum Gasteiger partial charge on any atom is -0.332 e. The number of rotatable bonds is 5. The van der Waals surface area contributed by atoms with Crippen molar-refractivity contribution in [2.24, 2.45) is 0 Å². The first-order chi connectivity index (χ1) is 12.8. The SMILES string of the molecule is C=CCn1c(C(=O)Nc2ccc(Cl)cc2C)c(C)c2cc(C(C)C)ccc21. The highest BCUT2D eigenvalue weighted by molar-refractivity contribution is 6.30. The van der Waals surface area contributed by atoms with E-state index in [2.05, 4.69) is 43.9 Å². The van der Waals surface area contributed by atoms with Crippen LogP contribution in [0.4, 0.5) is 5.69 Å². The molecule has 3 rings (SSSR count). The molecule has 140 valence electrons. The summed E-state index contributed by atoms with van der Waals surface area (Å²) in [6.07, 6.45) is 1.82. The summed E-state index contributed by atoms with van der Waals surface area (Å²) in [6.45, 7) is 12.7. The molecule has 0 unspecified atom stereocenters. The molecule has 3 nitrogen and oxygen atoms in total. The van der Waals surface area contributed by atoms with E-state index in [1.165, 1.54) is 5.56 Å². The summed E-state index contributed by atoms with van der Waals surface area (Å²) in [4.78, 5) is 13.2. The van der Waals surface area contributed by atoms with Crippen LogP contribution in [0.2, 0.25) is 5.02 Å². The van der Waals surface area contributed by atoms with Gasteiger partial charge in [-0.2, -0.15) is 0 Å². The summed E-state index contributed by atoms with van der Waals surface area (Å²) in [5.41, 5.74) is 5.67. The number of nitrogens with one attached hydrogen (secondary N) is 1. The Bertz CT molecular complexity index is 1030. The third kappa shape index (κ3) is 3.65. The summed E-state index contributed by atoms with van der Waals surface area (Å²) in [5, 5.41) is 4.81. The molecule has 3 aromatic rings. The van der Waals surface area contributed by atoms with Gasteiger partial charge in [0.25, 0.3) is 5.91 Å². The van der Waals surface area contributed by atoms with Crippen LogP contribution in [0.1, 0.15) is 46.9 Å². The summed E-state index contributed by atoms with van der Waals surface area (Å²) < 4.78 is 2.03. The molecule has 1 aromatic heterocycles. The number of benzene rings is 2. The maximum atomic E-state index is 13.2. The Morgan fingerprint density at radius 2 is 1.96 bits per heavy atom. The number of carbonyl (C=O) groups is 1. The molecule has 2 aromatic carbocycles. The Balaban J connectivity index is 2.11. The molecule has 0 saturated heterocycles. The second-order valence-electron chi connectivity index (χ2n) is 7.22. The van der Waals surface area contributed by atoms with Crippen molar-refractivity contribution in [2.45, 2.75) is 40.2 Å². The maximum absolute atomic E-state index is 13.2. The molecule has 0 saturated carbocycles. The molecular formula is C23H25ClN2O. The third-order valence-electron chi connectivity index (χ3n) is 4.97. The van der Waals surface area contributed by atoms with Crippen molar-refractivity contribution in [1.82, 2.24) is 4.57 Å². The average Bonchev–Trinajstić information content (AvgIpc) is 2.89. The quantitative estimate of drug-likeness (QED) is 0.505. The second kappa shape index (κ2) is 7.61. The van der Waals surface area contributed by atoms with E-state index in [4.69, 9.17) is 11.6 Å². The number of halogens is 1.